The van der Waals surface area contributed by atoms with Gasteiger partial charge in [-0.05, 0) is 37.3 Å². The Balaban J connectivity index is 1.65. The molecular formula is C22H20ClN5O. The van der Waals surface area contributed by atoms with Crippen LogP contribution in [-0.2, 0) is 13.6 Å². The molecule has 0 saturated carbocycles. The van der Waals surface area contributed by atoms with Crippen molar-refractivity contribution in [2.45, 2.75) is 13.5 Å². The Bertz CT molecular complexity index is 1130. The Kier molecular flexibility index (Phi) is 5.18. The van der Waals surface area contributed by atoms with E-state index in [0.29, 0.717) is 23.0 Å². The third-order valence-electron chi connectivity index (χ3n) is 4.64. The zero-order valence-corrected chi connectivity index (χ0v) is 16.9. The molecule has 1 amide bonds. The Morgan fingerprint density at radius 3 is 2.52 bits per heavy atom. The minimum atomic E-state index is -0.162. The molecule has 0 aliphatic carbocycles. The van der Waals surface area contributed by atoms with Gasteiger partial charge in [0.05, 0.1) is 18.4 Å². The van der Waals surface area contributed by atoms with Crippen LogP contribution in [0.15, 0.2) is 67.0 Å². The van der Waals surface area contributed by atoms with Crippen molar-refractivity contribution >= 4 is 23.2 Å². The number of aromatic amines is 1. The second kappa shape index (κ2) is 7.93. The highest BCUT2D eigenvalue weighted by Crippen LogP contribution is 2.24. The molecule has 0 atom stereocenters. The molecule has 0 aliphatic heterocycles. The van der Waals surface area contributed by atoms with Crippen LogP contribution in [0.4, 0.5) is 5.69 Å². The number of hydrogen-bond donors (Lipinski definition) is 1. The third-order valence-corrected chi connectivity index (χ3v) is 4.89. The lowest BCUT2D eigenvalue weighted by molar-refractivity contribution is 0.0980. The van der Waals surface area contributed by atoms with Crippen molar-refractivity contribution in [2.24, 2.45) is 7.05 Å². The minimum Gasteiger partial charge on any atom is -0.303 e. The van der Waals surface area contributed by atoms with E-state index in [2.05, 4.69) is 15.3 Å². The molecule has 0 saturated heterocycles. The van der Waals surface area contributed by atoms with Gasteiger partial charge < -0.3 is 4.90 Å². The Morgan fingerprint density at radius 1 is 1.14 bits per heavy atom. The van der Waals surface area contributed by atoms with Crippen LogP contribution in [0.5, 0.6) is 0 Å². The summed E-state index contributed by atoms with van der Waals surface area (Å²) in [7, 11) is 1.86. The number of carbonyl (C=O) groups is 1. The molecule has 0 radical (unpaired) electrons. The summed E-state index contributed by atoms with van der Waals surface area (Å²) >= 11 is 5.96. The number of rotatable bonds is 5. The van der Waals surface area contributed by atoms with Gasteiger partial charge in [0, 0.05) is 35.1 Å². The number of halogens is 1. The summed E-state index contributed by atoms with van der Waals surface area (Å²) in [5.74, 6) is -0.162. The van der Waals surface area contributed by atoms with E-state index in [1.807, 2.05) is 56.6 Å². The zero-order valence-electron chi connectivity index (χ0n) is 16.1. The largest absolute Gasteiger partial charge is 0.303 e. The molecule has 6 nitrogen and oxygen atoms in total. The Hall–Kier alpha value is -3.38. The van der Waals surface area contributed by atoms with Crippen LogP contribution in [0, 0.1) is 6.92 Å². The van der Waals surface area contributed by atoms with Crippen LogP contribution in [-0.4, -0.2) is 25.9 Å². The first-order chi connectivity index (χ1) is 14.0. The predicted octanol–water partition coefficient (Wildman–Crippen LogP) is 4.62. The van der Waals surface area contributed by atoms with Gasteiger partial charge >= 0.3 is 0 Å². The van der Waals surface area contributed by atoms with E-state index >= 15 is 0 Å². The lowest BCUT2D eigenvalue weighted by Gasteiger charge is -2.21. The van der Waals surface area contributed by atoms with Crippen LogP contribution < -0.4 is 4.90 Å². The van der Waals surface area contributed by atoms with Gasteiger partial charge in [0.25, 0.3) is 5.91 Å². The van der Waals surface area contributed by atoms with Crippen molar-refractivity contribution in [2.75, 3.05) is 4.90 Å². The Labute approximate surface area is 173 Å². The number of nitrogens with one attached hydrogen (secondary N) is 1. The molecule has 0 fully saturated rings. The average molecular weight is 406 g/mol. The third kappa shape index (κ3) is 4.22. The lowest BCUT2D eigenvalue weighted by atomic mass is 10.1. The van der Waals surface area contributed by atoms with Crippen LogP contribution in [0.2, 0.25) is 5.02 Å². The summed E-state index contributed by atoms with van der Waals surface area (Å²) in [5.41, 5.74) is 4.88. The van der Waals surface area contributed by atoms with E-state index in [4.69, 9.17) is 11.6 Å². The van der Waals surface area contributed by atoms with Gasteiger partial charge in [0.15, 0.2) is 0 Å². The molecule has 0 bridgehead atoms. The lowest BCUT2D eigenvalue weighted by Crippen LogP contribution is -2.30. The molecular weight excluding hydrogens is 386 g/mol. The quantitative estimate of drug-likeness (QED) is 0.526. The number of benzene rings is 2. The molecule has 2 aromatic carbocycles. The maximum atomic E-state index is 13.3. The number of aromatic nitrogens is 4. The number of aryl methyl sites for hydroxylation is 2. The van der Waals surface area contributed by atoms with Crippen LogP contribution in [0.1, 0.15) is 21.6 Å². The molecule has 4 aromatic rings. The molecule has 4 rings (SSSR count). The van der Waals surface area contributed by atoms with E-state index in [9.17, 15) is 4.79 Å². The second-order valence-electron chi connectivity index (χ2n) is 6.92. The molecule has 2 heterocycles. The molecule has 1 N–H and O–H groups in total. The van der Waals surface area contributed by atoms with Crippen molar-refractivity contribution in [3.8, 4) is 11.3 Å². The van der Waals surface area contributed by atoms with E-state index < -0.39 is 0 Å². The van der Waals surface area contributed by atoms with Gasteiger partial charge in [-0.3, -0.25) is 14.6 Å². The number of carbonyl (C=O) groups excluding carboxylic acids is 1. The number of H-pyrrole nitrogens is 1. The maximum absolute atomic E-state index is 13.3. The molecule has 2 aromatic heterocycles. The first-order valence-corrected chi connectivity index (χ1v) is 9.55. The highest BCUT2D eigenvalue weighted by molar-refractivity contribution is 6.30. The number of hydrogen-bond acceptors (Lipinski definition) is 3. The van der Waals surface area contributed by atoms with Gasteiger partial charge in [-0.2, -0.15) is 10.2 Å². The van der Waals surface area contributed by atoms with E-state index in [-0.39, 0.29) is 5.91 Å². The molecule has 0 unspecified atom stereocenters. The standard InChI is InChI=1S/C22H20ClN5O/c1-15-3-9-19(10-4-15)28(14-16-12-24-27(2)13-16)22(29)21-11-20(25-26-21)17-5-7-18(23)8-6-17/h3-13H,14H2,1-2H3,(H,25,26). The zero-order chi connectivity index (χ0) is 20.4. The molecule has 29 heavy (non-hydrogen) atoms. The number of amides is 1. The number of nitrogens with zero attached hydrogens (tertiary/aromatic N) is 4. The van der Waals surface area contributed by atoms with Crippen molar-refractivity contribution in [1.29, 1.82) is 0 Å². The van der Waals surface area contributed by atoms with Gasteiger partial charge in [0.1, 0.15) is 5.69 Å². The monoisotopic (exact) mass is 405 g/mol. The van der Waals surface area contributed by atoms with Gasteiger partial charge in [-0.25, -0.2) is 0 Å². The summed E-state index contributed by atoms with van der Waals surface area (Å²) in [6.45, 7) is 2.43. The first-order valence-electron chi connectivity index (χ1n) is 9.17. The summed E-state index contributed by atoms with van der Waals surface area (Å²) < 4.78 is 1.72. The number of anilines is 1. The summed E-state index contributed by atoms with van der Waals surface area (Å²) in [6.07, 6.45) is 3.67. The van der Waals surface area contributed by atoms with Crippen molar-refractivity contribution in [3.63, 3.8) is 0 Å². The highest BCUT2D eigenvalue weighted by atomic mass is 35.5. The van der Waals surface area contributed by atoms with Crippen LogP contribution >= 0.6 is 11.6 Å². The summed E-state index contributed by atoms with van der Waals surface area (Å²) in [5, 5.41) is 12.0. The second-order valence-corrected chi connectivity index (χ2v) is 7.36. The molecule has 7 heteroatoms. The molecule has 0 aliphatic rings. The van der Waals surface area contributed by atoms with Gasteiger partial charge in [0.2, 0.25) is 0 Å². The van der Waals surface area contributed by atoms with Crippen molar-refractivity contribution in [1.82, 2.24) is 20.0 Å². The minimum absolute atomic E-state index is 0.162. The summed E-state index contributed by atoms with van der Waals surface area (Å²) in [4.78, 5) is 15.1. The SMILES string of the molecule is Cc1ccc(N(Cc2cnn(C)c2)C(=O)c2cc(-c3ccc(Cl)cc3)n[nH]2)cc1. The predicted molar refractivity (Wildman–Crippen MR) is 114 cm³/mol. The summed E-state index contributed by atoms with van der Waals surface area (Å²) in [6, 6.07) is 17.0. The van der Waals surface area contributed by atoms with Crippen LogP contribution in [0.25, 0.3) is 11.3 Å². The average Bonchev–Trinajstić information content (AvgIpc) is 3.36. The molecule has 0 spiro atoms. The van der Waals surface area contributed by atoms with Crippen LogP contribution in [0.3, 0.4) is 0 Å². The Morgan fingerprint density at radius 2 is 1.86 bits per heavy atom. The van der Waals surface area contributed by atoms with E-state index in [0.717, 1.165) is 22.4 Å². The smallest absolute Gasteiger partial charge is 0.276 e. The fraction of sp³-hybridized carbons (Fsp3) is 0.136. The van der Waals surface area contributed by atoms with Crippen molar-refractivity contribution in [3.05, 3.63) is 88.8 Å². The maximum Gasteiger partial charge on any atom is 0.276 e. The highest BCUT2D eigenvalue weighted by Gasteiger charge is 2.21. The van der Waals surface area contributed by atoms with Gasteiger partial charge in [-0.1, -0.05) is 41.4 Å². The van der Waals surface area contributed by atoms with Gasteiger partial charge in [-0.15, -0.1) is 0 Å². The fourth-order valence-electron chi connectivity index (χ4n) is 3.09. The fourth-order valence-corrected chi connectivity index (χ4v) is 3.21. The van der Waals surface area contributed by atoms with E-state index in [1.165, 1.54) is 0 Å². The topological polar surface area (TPSA) is 66.8 Å². The van der Waals surface area contributed by atoms with Crippen molar-refractivity contribution < 1.29 is 4.79 Å². The normalized spacial score (nSPS) is 10.9. The van der Waals surface area contributed by atoms with E-state index in [1.54, 1.807) is 34.0 Å². The molecule has 146 valence electrons. The first kappa shape index (κ1) is 19.0.